The van der Waals surface area contributed by atoms with Gasteiger partial charge < -0.3 is 25.5 Å². The molecule has 2 aromatic rings. The average molecular weight is 343 g/mol. The van der Waals surface area contributed by atoms with E-state index in [1.807, 2.05) is 18.2 Å². The predicted octanol–water partition coefficient (Wildman–Crippen LogP) is -0.197. The zero-order valence-corrected chi connectivity index (χ0v) is 13.3. The van der Waals surface area contributed by atoms with Crippen LogP contribution in [-0.2, 0) is 6.61 Å². The maximum atomic E-state index is 12.6. The van der Waals surface area contributed by atoms with E-state index in [1.165, 1.54) is 10.8 Å². The summed E-state index contributed by atoms with van der Waals surface area (Å²) in [6, 6.07) is 8.56. The van der Waals surface area contributed by atoms with Crippen molar-refractivity contribution in [2.24, 2.45) is 5.73 Å². The topological polar surface area (TPSA) is 124 Å². The number of aliphatic hydroxyl groups is 1. The van der Waals surface area contributed by atoms with Crippen LogP contribution in [0.1, 0.15) is 32.5 Å². The van der Waals surface area contributed by atoms with Gasteiger partial charge in [-0.3, -0.25) is 14.4 Å². The van der Waals surface area contributed by atoms with Crippen LogP contribution < -0.4 is 21.2 Å². The molecule has 3 rings (SSSR count). The Bertz CT molecular complexity index is 876. The zero-order chi connectivity index (χ0) is 18.0. The SMILES string of the molecule is NC(=O)c1cn2c(c(OCc3ccccc3)c1=O)C(=O)NC[C@@H]2CO. The van der Waals surface area contributed by atoms with Crippen molar-refractivity contribution < 1.29 is 19.4 Å². The molecular formula is C17H17N3O5. The number of ether oxygens (including phenoxy) is 1. The van der Waals surface area contributed by atoms with Crippen LogP contribution in [0.15, 0.2) is 41.3 Å². The lowest BCUT2D eigenvalue weighted by Crippen LogP contribution is -2.43. The number of fused-ring (bicyclic) bond motifs is 1. The molecule has 130 valence electrons. The molecule has 1 atom stereocenters. The number of rotatable bonds is 5. The van der Waals surface area contributed by atoms with Crippen molar-refractivity contribution in [2.75, 3.05) is 13.2 Å². The third-order valence-corrected chi connectivity index (χ3v) is 4.00. The van der Waals surface area contributed by atoms with Gasteiger partial charge in [0.25, 0.3) is 11.8 Å². The minimum atomic E-state index is -0.924. The highest BCUT2D eigenvalue weighted by Gasteiger charge is 2.31. The summed E-state index contributed by atoms with van der Waals surface area (Å²) >= 11 is 0. The largest absolute Gasteiger partial charge is 0.483 e. The Labute approximate surface area is 142 Å². The number of benzene rings is 1. The van der Waals surface area contributed by atoms with Gasteiger partial charge in [-0.1, -0.05) is 30.3 Å². The predicted molar refractivity (Wildman–Crippen MR) is 88.4 cm³/mol. The van der Waals surface area contributed by atoms with Crippen molar-refractivity contribution in [1.82, 2.24) is 9.88 Å². The lowest BCUT2D eigenvalue weighted by Gasteiger charge is -2.29. The summed E-state index contributed by atoms with van der Waals surface area (Å²) in [5.74, 6) is -1.69. The summed E-state index contributed by atoms with van der Waals surface area (Å²) < 4.78 is 6.97. The van der Waals surface area contributed by atoms with Crippen LogP contribution in [-0.4, -0.2) is 34.6 Å². The van der Waals surface area contributed by atoms with E-state index in [0.29, 0.717) is 0 Å². The Morgan fingerprint density at radius 2 is 2.04 bits per heavy atom. The summed E-state index contributed by atoms with van der Waals surface area (Å²) in [5, 5.41) is 12.1. The fourth-order valence-corrected chi connectivity index (χ4v) is 2.70. The first-order valence-electron chi connectivity index (χ1n) is 7.67. The second-order valence-corrected chi connectivity index (χ2v) is 5.64. The maximum Gasteiger partial charge on any atom is 0.272 e. The first-order chi connectivity index (χ1) is 12.0. The van der Waals surface area contributed by atoms with E-state index >= 15 is 0 Å². The fourth-order valence-electron chi connectivity index (χ4n) is 2.70. The number of nitrogens with two attached hydrogens (primary N) is 1. The van der Waals surface area contributed by atoms with Crippen LogP contribution in [0.3, 0.4) is 0 Å². The molecule has 0 saturated heterocycles. The number of aliphatic hydroxyl groups excluding tert-OH is 1. The molecule has 0 saturated carbocycles. The number of carbonyl (C=O) groups excluding carboxylic acids is 2. The minimum absolute atomic E-state index is 0.0313. The van der Waals surface area contributed by atoms with E-state index in [2.05, 4.69) is 5.32 Å². The van der Waals surface area contributed by atoms with Crippen molar-refractivity contribution in [3.05, 3.63) is 63.6 Å². The standard InChI is InChI=1S/C17H17N3O5/c18-16(23)12-7-20-11(8-21)6-19-17(24)13(20)15(14(12)22)25-9-10-4-2-1-3-5-10/h1-5,7,11,21H,6,8-9H2,(H2,18,23)(H,19,24)/t11-/m1/s1. The van der Waals surface area contributed by atoms with Crippen molar-refractivity contribution in [3.63, 3.8) is 0 Å². The van der Waals surface area contributed by atoms with Crippen LogP contribution >= 0.6 is 0 Å². The molecule has 2 amide bonds. The summed E-state index contributed by atoms with van der Waals surface area (Å²) in [5.41, 5.74) is 5.00. The molecule has 0 unspecified atom stereocenters. The van der Waals surface area contributed by atoms with Gasteiger partial charge in [0.1, 0.15) is 12.2 Å². The third kappa shape index (κ3) is 3.11. The number of hydrogen-bond acceptors (Lipinski definition) is 5. The molecule has 25 heavy (non-hydrogen) atoms. The molecule has 1 aromatic heterocycles. The van der Waals surface area contributed by atoms with Crippen LogP contribution in [0, 0.1) is 0 Å². The molecule has 0 aliphatic carbocycles. The Morgan fingerprint density at radius 3 is 2.68 bits per heavy atom. The Morgan fingerprint density at radius 1 is 1.32 bits per heavy atom. The minimum Gasteiger partial charge on any atom is -0.483 e. The number of aromatic nitrogens is 1. The normalized spacial score (nSPS) is 16.0. The Balaban J connectivity index is 2.11. The van der Waals surface area contributed by atoms with E-state index in [1.54, 1.807) is 12.1 Å². The second-order valence-electron chi connectivity index (χ2n) is 5.64. The first-order valence-corrected chi connectivity index (χ1v) is 7.67. The van der Waals surface area contributed by atoms with E-state index < -0.39 is 23.3 Å². The number of nitrogens with zero attached hydrogens (tertiary/aromatic N) is 1. The number of pyridine rings is 1. The van der Waals surface area contributed by atoms with Gasteiger partial charge >= 0.3 is 0 Å². The lowest BCUT2D eigenvalue weighted by molar-refractivity contribution is 0.0881. The van der Waals surface area contributed by atoms with Gasteiger partial charge in [0.2, 0.25) is 5.43 Å². The molecule has 4 N–H and O–H groups in total. The second kappa shape index (κ2) is 6.78. The van der Waals surface area contributed by atoms with Crippen LogP contribution in [0.5, 0.6) is 5.75 Å². The molecule has 8 nitrogen and oxygen atoms in total. The molecular weight excluding hydrogens is 326 g/mol. The summed E-state index contributed by atoms with van der Waals surface area (Å²) in [7, 11) is 0. The summed E-state index contributed by atoms with van der Waals surface area (Å²) in [4.78, 5) is 36.4. The van der Waals surface area contributed by atoms with Gasteiger partial charge in [0.15, 0.2) is 11.4 Å². The summed E-state index contributed by atoms with van der Waals surface area (Å²) in [6.45, 7) is -0.0730. The first kappa shape index (κ1) is 16.7. The van der Waals surface area contributed by atoms with Gasteiger partial charge in [0.05, 0.1) is 12.6 Å². The third-order valence-electron chi connectivity index (χ3n) is 4.00. The molecule has 0 bridgehead atoms. The van der Waals surface area contributed by atoms with E-state index in [0.717, 1.165) is 5.56 Å². The molecule has 2 heterocycles. The quantitative estimate of drug-likeness (QED) is 0.694. The number of nitrogens with one attached hydrogen (secondary N) is 1. The molecule has 0 radical (unpaired) electrons. The van der Waals surface area contributed by atoms with Crippen molar-refractivity contribution in [2.45, 2.75) is 12.6 Å². The highest BCUT2D eigenvalue weighted by Crippen LogP contribution is 2.23. The maximum absolute atomic E-state index is 12.6. The van der Waals surface area contributed by atoms with Crippen LogP contribution in [0.4, 0.5) is 0 Å². The molecule has 1 aromatic carbocycles. The highest BCUT2D eigenvalue weighted by atomic mass is 16.5. The van der Waals surface area contributed by atoms with Gasteiger partial charge in [-0.05, 0) is 5.56 Å². The van der Waals surface area contributed by atoms with E-state index in [9.17, 15) is 19.5 Å². The average Bonchev–Trinajstić information content (AvgIpc) is 2.61. The van der Waals surface area contributed by atoms with Gasteiger partial charge in [0, 0.05) is 12.7 Å². The van der Waals surface area contributed by atoms with E-state index in [4.69, 9.17) is 10.5 Å². The van der Waals surface area contributed by atoms with Crippen molar-refractivity contribution >= 4 is 11.8 Å². The number of hydrogen-bond donors (Lipinski definition) is 3. The summed E-state index contributed by atoms with van der Waals surface area (Å²) in [6.07, 6.45) is 1.20. The van der Waals surface area contributed by atoms with Crippen LogP contribution in [0.2, 0.25) is 0 Å². The van der Waals surface area contributed by atoms with Gasteiger partial charge in [-0.25, -0.2) is 0 Å². The lowest BCUT2D eigenvalue weighted by atomic mass is 10.1. The Kier molecular flexibility index (Phi) is 4.53. The number of carbonyl (C=O) groups is 2. The van der Waals surface area contributed by atoms with Crippen molar-refractivity contribution in [3.8, 4) is 5.75 Å². The monoisotopic (exact) mass is 343 g/mol. The smallest absolute Gasteiger partial charge is 0.272 e. The molecule has 1 aliphatic rings. The van der Waals surface area contributed by atoms with Gasteiger partial charge in [-0.15, -0.1) is 0 Å². The fraction of sp³-hybridized carbons (Fsp3) is 0.235. The number of amides is 2. The van der Waals surface area contributed by atoms with Crippen molar-refractivity contribution in [1.29, 1.82) is 0 Å². The zero-order valence-electron chi connectivity index (χ0n) is 13.3. The molecule has 1 aliphatic heterocycles. The van der Waals surface area contributed by atoms with Crippen LogP contribution in [0.25, 0.3) is 0 Å². The Hall–Kier alpha value is -3.13. The molecule has 8 heteroatoms. The number of primary amides is 1. The molecule has 0 spiro atoms. The van der Waals surface area contributed by atoms with Gasteiger partial charge in [-0.2, -0.15) is 0 Å². The molecule has 0 fully saturated rings. The highest BCUT2D eigenvalue weighted by molar-refractivity contribution is 5.98. The van der Waals surface area contributed by atoms with E-state index in [-0.39, 0.29) is 36.8 Å².